The second kappa shape index (κ2) is 8.30. The van der Waals surface area contributed by atoms with Crippen LogP contribution in [-0.4, -0.2) is 69.5 Å². The zero-order chi connectivity index (χ0) is 20.4. The zero-order valence-corrected chi connectivity index (χ0v) is 16.7. The summed E-state index contributed by atoms with van der Waals surface area (Å²) in [5, 5.41) is 0.438. The van der Waals surface area contributed by atoms with E-state index in [1.165, 1.54) is 23.5 Å². The van der Waals surface area contributed by atoms with E-state index >= 15 is 0 Å². The molecule has 10 heteroatoms. The first-order valence-electron chi connectivity index (χ1n) is 9.52. The summed E-state index contributed by atoms with van der Waals surface area (Å²) in [5.74, 6) is -0.113. The standard InChI is InChI=1S/C19H21ClN6O3/c1-2-7-24-8-10-25(11-9-24)19(28)29-18-16-15(21-5-6-22-16)17(27)26(18)14-4-3-13(20)12-23-14/h3-6,12,18H,2,7-11H2,1H3. The Morgan fingerprint density at radius 3 is 2.62 bits per heavy atom. The van der Waals surface area contributed by atoms with Gasteiger partial charge in [0.1, 0.15) is 11.5 Å². The summed E-state index contributed by atoms with van der Waals surface area (Å²) in [6.07, 6.45) is 3.89. The van der Waals surface area contributed by atoms with E-state index in [4.69, 9.17) is 16.3 Å². The molecule has 0 aromatic carbocycles. The maximum Gasteiger partial charge on any atom is 0.412 e. The van der Waals surface area contributed by atoms with Gasteiger partial charge in [-0.2, -0.15) is 0 Å². The molecule has 0 radical (unpaired) electrons. The van der Waals surface area contributed by atoms with Gasteiger partial charge in [0.2, 0.25) is 6.23 Å². The van der Waals surface area contributed by atoms with Crippen LogP contribution in [-0.2, 0) is 4.74 Å². The molecule has 1 atom stereocenters. The molecule has 2 aromatic heterocycles. The van der Waals surface area contributed by atoms with Gasteiger partial charge < -0.3 is 9.64 Å². The lowest BCUT2D eigenvalue weighted by Gasteiger charge is -2.35. The van der Waals surface area contributed by atoms with Gasteiger partial charge in [0.05, 0.1) is 5.02 Å². The van der Waals surface area contributed by atoms with Gasteiger partial charge in [0.25, 0.3) is 5.91 Å². The van der Waals surface area contributed by atoms with E-state index < -0.39 is 18.2 Å². The molecule has 2 aliphatic heterocycles. The highest BCUT2D eigenvalue weighted by Crippen LogP contribution is 2.35. The maximum atomic E-state index is 12.9. The Bertz CT molecular complexity index is 901. The molecule has 0 bridgehead atoms. The minimum atomic E-state index is -1.03. The Hall–Kier alpha value is -2.78. The number of ether oxygens (including phenoxy) is 1. The number of carbonyl (C=O) groups is 2. The number of pyridine rings is 1. The van der Waals surface area contributed by atoms with Crippen molar-refractivity contribution in [3.63, 3.8) is 0 Å². The third-order valence-corrected chi connectivity index (χ3v) is 5.18. The largest absolute Gasteiger partial charge is 0.419 e. The zero-order valence-electron chi connectivity index (χ0n) is 16.0. The molecule has 0 N–H and O–H groups in total. The van der Waals surface area contributed by atoms with Crippen molar-refractivity contribution in [1.29, 1.82) is 0 Å². The lowest BCUT2D eigenvalue weighted by atomic mass is 10.3. The number of aromatic nitrogens is 3. The number of hydrogen-bond acceptors (Lipinski definition) is 7. The molecule has 152 valence electrons. The van der Waals surface area contributed by atoms with Crippen molar-refractivity contribution in [2.24, 2.45) is 0 Å². The van der Waals surface area contributed by atoms with E-state index in [2.05, 4.69) is 26.8 Å². The van der Waals surface area contributed by atoms with Gasteiger partial charge in [0.15, 0.2) is 5.69 Å². The molecule has 0 saturated carbocycles. The molecule has 0 spiro atoms. The second-order valence-corrected chi connectivity index (χ2v) is 7.30. The van der Waals surface area contributed by atoms with Gasteiger partial charge in [-0.3, -0.25) is 14.7 Å². The van der Waals surface area contributed by atoms with Gasteiger partial charge in [-0.05, 0) is 25.1 Å². The minimum absolute atomic E-state index is 0.148. The Morgan fingerprint density at radius 1 is 1.17 bits per heavy atom. The van der Waals surface area contributed by atoms with E-state index in [0.717, 1.165) is 26.1 Å². The minimum Gasteiger partial charge on any atom is -0.419 e. The molecule has 2 aromatic rings. The Balaban J connectivity index is 1.55. The monoisotopic (exact) mass is 416 g/mol. The fraction of sp³-hybridized carbons (Fsp3) is 0.421. The SMILES string of the molecule is CCCN1CCN(C(=O)OC2c3nccnc3C(=O)N2c2ccc(Cl)cn2)CC1. The normalized spacial score (nSPS) is 19.4. The van der Waals surface area contributed by atoms with Crippen LogP contribution in [0.15, 0.2) is 30.7 Å². The van der Waals surface area contributed by atoms with Crippen molar-refractivity contribution in [2.75, 3.05) is 37.6 Å². The maximum absolute atomic E-state index is 12.9. The van der Waals surface area contributed by atoms with Crippen LogP contribution in [0.1, 0.15) is 35.8 Å². The van der Waals surface area contributed by atoms with Gasteiger partial charge in [-0.1, -0.05) is 18.5 Å². The summed E-state index contributed by atoms with van der Waals surface area (Å²) in [6.45, 7) is 5.89. The average molecular weight is 417 g/mol. The summed E-state index contributed by atoms with van der Waals surface area (Å²) in [7, 11) is 0. The third kappa shape index (κ3) is 3.88. The number of nitrogens with zero attached hydrogens (tertiary/aromatic N) is 6. The second-order valence-electron chi connectivity index (χ2n) is 6.86. The summed E-state index contributed by atoms with van der Waals surface area (Å²) in [4.78, 5) is 43.5. The molecule has 0 aliphatic carbocycles. The highest BCUT2D eigenvalue weighted by molar-refractivity contribution is 6.30. The number of fused-ring (bicyclic) bond motifs is 1. The predicted octanol–water partition coefficient (Wildman–Crippen LogP) is 2.35. The summed E-state index contributed by atoms with van der Waals surface area (Å²) in [6, 6.07) is 3.21. The van der Waals surface area contributed by atoms with Crippen LogP contribution in [0, 0.1) is 0 Å². The fourth-order valence-corrected chi connectivity index (χ4v) is 3.63. The number of carbonyl (C=O) groups excluding carboxylic acids is 2. The van der Waals surface area contributed by atoms with E-state index in [1.807, 2.05) is 0 Å². The third-order valence-electron chi connectivity index (χ3n) is 4.96. The van der Waals surface area contributed by atoms with Crippen LogP contribution in [0.25, 0.3) is 0 Å². The summed E-state index contributed by atoms with van der Waals surface area (Å²) < 4.78 is 5.74. The quantitative estimate of drug-likeness (QED) is 0.755. The van der Waals surface area contributed by atoms with Crippen LogP contribution in [0.2, 0.25) is 5.02 Å². The molecule has 2 amide bonds. The van der Waals surface area contributed by atoms with Gasteiger partial charge in [-0.25, -0.2) is 19.7 Å². The smallest absolute Gasteiger partial charge is 0.412 e. The molecular weight excluding hydrogens is 396 g/mol. The number of halogens is 1. The summed E-state index contributed by atoms with van der Waals surface area (Å²) >= 11 is 5.91. The van der Waals surface area contributed by atoms with E-state index in [9.17, 15) is 9.59 Å². The van der Waals surface area contributed by atoms with E-state index in [0.29, 0.717) is 29.6 Å². The number of rotatable bonds is 4. The van der Waals surface area contributed by atoms with Crippen molar-refractivity contribution in [2.45, 2.75) is 19.6 Å². The fourth-order valence-electron chi connectivity index (χ4n) is 3.52. The first-order chi connectivity index (χ1) is 14.1. The van der Waals surface area contributed by atoms with Gasteiger partial charge >= 0.3 is 6.09 Å². The summed E-state index contributed by atoms with van der Waals surface area (Å²) in [5.41, 5.74) is 0.446. The van der Waals surface area contributed by atoms with Crippen molar-refractivity contribution >= 4 is 29.4 Å². The van der Waals surface area contributed by atoms with Crippen molar-refractivity contribution in [3.8, 4) is 0 Å². The van der Waals surface area contributed by atoms with Crippen LogP contribution in [0.4, 0.5) is 10.6 Å². The first kappa shape index (κ1) is 19.5. The highest BCUT2D eigenvalue weighted by Gasteiger charge is 2.44. The van der Waals surface area contributed by atoms with Crippen LogP contribution in [0.5, 0.6) is 0 Å². The molecule has 29 heavy (non-hydrogen) atoms. The van der Waals surface area contributed by atoms with Gasteiger partial charge in [0, 0.05) is 44.8 Å². The molecular formula is C19H21ClN6O3. The molecule has 4 rings (SSSR count). The number of anilines is 1. The first-order valence-corrected chi connectivity index (χ1v) is 9.90. The molecule has 1 saturated heterocycles. The Labute approximate surface area is 173 Å². The Morgan fingerprint density at radius 2 is 1.93 bits per heavy atom. The van der Waals surface area contributed by atoms with Crippen molar-refractivity contribution < 1.29 is 14.3 Å². The predicted molar refractivity (Wildman–Crippen MR) is 106 cm³/mol. The van der Waals surface area contributed by atoms with Crippen LogP contribution < -0.4 is 4.90 Å². The molecule has 1 fully saturated rings. The lowest BCUT2D eigenvalue weighted by Crippen LogP contribution is -2.49. The van der Waals surface area contributed by atoms with Crippen molar-refractivity contribution in [1.82, 2.24) is 24.8 Å². The topological polar surface area (TPSA) is 91.8 Å². The number of piperazine rings is 1. The molecule has 2 aliphatic rings. The van der Waals surface area contributed by atoms with Crippen molar-refractivity contribution in [3.05, 3.63) is 47.1 Å². The van der Waals surface area contributed by atoms with Crippen LogP contribution >= 0.6 is 11.6 Å². The lowest BCUT2D eigenvalue weighted by molar-refractivity contribution is 0.0447. The molecule has 1 unspecified atom stereocenters. The van der Waals surface area contributed by atoms with Gasteiger partial charge in [-0.15, -0.1) is 0 Å². The molecule has 4 heterocycles. The van der Waals surface area contributed by atoms with E-state index in [1.54, 1.807) is 17.0 Å². The highest BCUT2D eigenvalue weighted by atomic mass is 35.5. The van der Waals surface area contributed by atoms with Crippen LogP contribution in [0.3, 0.4) is 0 Å². The number of hydrogen-bond donors (Lipinski definition) is 0. The Kier molecular flexibility index (Phi) is 5.59. The molecule has 9 nitrogen and oxygen atoms in total. The number of amides is 2. The van der Waals surface area contributed by atoms with E-state index in [-0.39, 0.29) is 5.69 Å². The average Bonchev–Trinajstić information content (AvgIpc) is 3.01.